The molecule has 1 aliphatic rings. The Morgan fingerprint density at radius 1 is 0.875 bits per heavy atom. The Labute approximate surface area is 193 Å². The second-order valence-corrected chi connectivity index (χ2v) is 8.72. The predicted octanol–water partition coefficient (Wildman–Crippen LogP) is 6.19. The van der Waals surface area contributed by atoms with Crippen LogP contribution in [0.4, 0.5) is 0 Å². The molecule has 32 heavy (non-hydrogen) atoms. The molecule has 1 N–H and O–H groups in total. The minimum atomic E-state index is -0.421. The molecule has 0 aliphatic carbocycles. The quantitative estimate of drug-likeness (QED) is 0.282. The molecule has 0 saturated carbocycles. The molecule has 3 rings (SSSR count). The highest BCUT2D eigenvalue weighted by atomic mass is 16.6. The van der Waals surface area contributed by atoms with Gasteiger partial charge in [-0.3, -0.25) is 0 Å². The van der Waals surface area contributed by atoms with Gasteiger partial charge in [-0.2, -0.15) is 0 Å². The third-order valence-electron chi connectivity index (χ3n) is 6.19. The molecule has 1 fully saturated rings. The number of benzene rings is 2. The molecule has 2 aromatic carbocycles. The van der Waals surface area contributed by atoms with E-state index in [1.807, 2.05) is 66.7 Å². The average molecular weight is 439 g/mol. The lowest BCUT2D eigenvalue weighted by Crippen LogP contribution is -2.44. The van der Waals surface area contributed by atoms with Gasteiger partial charge in [-0.15, -0.1) is 6.58 Å². The van der Waals surface area contributed by atoms with Crippen molar-refractivity contribution in [3.05, 3.63) is 73.3 Å². The summed E-state index contributed by atoms with van der Waals surface area (Å²) in [4.78, 5) is 0. The molecule has 0 amide bonds. The smallest absolute Gasteiger partial charge is 0.166 e. The number of aliphatic hydroxyl groups is 1. The minimum absolute atomic E-state index is 0.0985. The van der Waals surface area contributed by atoms with Crippen molar-refractivity contribution in [1.29, 1.82) is 0 Å². The lowest BCUT2D eigenvalue weighted by Gasteiger charge is -2.28. The number of para-hydroxylation sites is 2. The molecule has 1 saturated heterocycles. The monoisotopic (exact) mass is 438 g/mol. The highest BCUT2D eigenvalue weighted by Gasteiger charge is 2.49. The zero-order valence-electron chi connectivity index (χ0n) is 19.3. The van der Waals surface area contributed by atoms with Crippen LogP contribution in [0.3, 0.4) is 0 Å². The average Bonchev–Trinajstić information content (AvgIpc) is 3.16. The van der Waals surface area contributed by atoms with Crippen LogP contribution in [0.5, 0.6) is 11.5 Å². The largest absolute Gasteiger partial charge is 0.484 e. The maximum absolute atomic E-state index is 10.0. The van der Waals surface area contributed by atoms with Crippen LogP contribution >= 0.6 is 0 Å². The van der Waals surface area contributed by atoms with Gasteiger partial charge in [0.15, 0.2) is 12.2 Å². The SMILES string of the molecule is C=CCCCCCCCC(C)[C@@H]1O[C@H](CO)[C@@H](Oc2ccccc2)[C@@H]1Oc1ccccc1. The van der Waals surface area contributed by atoms with Crippen LogP contribution in [0.25, 0.3) is 0 Å². The number of allylic oxidation sites excluding steroid dienone is 1. The summed E-state index contributed by atoms with van der Waals surface area (Å²) in [6, 6.07) is 19.5. The van der Waals surface area contributed by atoms with Crippen molar-refractivity contribution in [3.63, 3.8) is 0 Å². The van der Waals surface area contributed by atoms with Crippen molar-refractivity contribution < 1.29 is 19.3 Å². The molecule has 1 heterocycles. The van der Waals surface area contributed by atoms with E-state index in [-0.39, 0.29) is 24.9 Å². The number of hydrogen-bond acceptors (Lipinski definition) is 4. The summed E-state index contributed by atoms with van der Waals surface area (Å²) in [5, 5.41) is 10.0. The van der Waals surface area contributed by atoms with Crippen molar-refractivity contribution in [2.75, 3.05) is 6.61 Å². The van der Waals surface area contributed by atoms with Crippen molar-refractivity contribution in [3.8, 4) is 11.5 Å². The summed E-state index contributed by atoms with van der Waals surface area (Å²) in [7, 11) is 0. The first kappa shape index (κ1) is 24.3. The number of unbranched alkanes of at least 4 members (excludes halogenated alkanes) is 5. The number of rotatable bonds is 14. The Kier molecular flexibility index (Phi) is 10.1. The predicted molar refractivity (Wildman–Crippen MR) is 129 cm³/mol. The van der Waals surface area contributed by atoms with Gasteiger partial charge >= 0.3 is 0 Å². The summed E-state index contributed by atoms with van der Waals surface area (Å²) >= 11 is 0. The molecule has 0 spiro atoms. The minimum Gasteiger partial charge on any atom is -0.484 e. The van der Waals surface area contributed by atoms with Crippen molar-refractivity contribution in [2.24, 2.45) is 5.92 Å². The summed E-state index contributed by atoms with van der Waals surface area (Å²) in [6.45, 7) is 5.92. The lowest BCUT2D eigenvalue weighted by molar-refractivity contribution is -0.0383. The fourth-order valence-corrected chi connectivity index (χ4v) is 4.40. The van der Waals surface area contributed by atoms with E-state index in [1.54, 1.807) is 0 Å². The molecule has 4 heteroatoms. The normalized spacial score (nSPS) is 23.6. The van der Waals surface area contributed by atoms with Gasteiger partial charge in [0.25, 0.3) is 0 Å². The molecule has 5 atom stereocenters. The molecule has 1 unspecified atom stereocenters. The molecule has 174 valence electrons. The molecule has 0 bridgehead atoms. The third kappa shape index (κ3) is 7.11. The van der Waals surface area contributed by atoms with Gasteiger partial charge in [0, 0.05) is 0 Å². The molecule has 4 nitrogen and oxygen atoms in total. The van der Waals surface area contributed by atoms with Gasteiger partial charge in [-0.25, -0.2) is 0 Å². The van der Waals surface area contributed by atoms with E-state index in [9.17, 15) is 5.11 Å². The van der Waals surface area contributed by atoms with Crippen LogP contribution in [0.15, 0.2) is 73.3 Å². The highest BCUT2D eigenvalue weighted by molar-refractivity contribution is 5.24. The van der Waals surface area contributed by atoms with Crippen LogP contribution in [0, 0.1) is 5.92 Å². The van der Waals surface area contributed by atoms with Crippen LogP contribution in [-0.4, -0.2) is 36.1 Å². The second-order valence-electron chi connectivity index (χ2n) is 8.72. The Bertz CT molecular complexity index is 764. The van der Waals surface area contributed by atoms with Crippen molar-refractivity contribution >= 4 is 0 Å². The van der Waals surface area contributed by atoms with E-state index in [2.05, 4.69) is 13.5 Å². The second kappa shape index (κ2) is 13.3. The maximum atomic E-state index is 10.0. The Balaban J connectivity index is 1.66. The molecule has 1 aliphatic heterocycles. The molecule has 0 radical (unpaired) electrons. The maximum Gasteiger partial charge on any atom is 0.166 e. The first-order valence-electron chi connectivity index (χ1n) is 12.0. The van der Waals surface area contributed by atoms with Gasteiger partial charge in [0.2, 0.25) is 0 Å². The van der Waals surface area contributed by atoms with E-state index in [4.69, 9.17) is 14.2 Å². The molecule has 0 aromatic heterocycles. The van der Waals surface area contributed by atoms with E-state index >= 15 is 0 Å². The zero-order chi connectivity index (χ0) is 22.6. The standard InChI is InChI=1S/C28H38O4/c1-3-4-5-6-7-8-11-16-22(2)26-28(31-24-19-14-10-15-20-24)27(25(21-29)32-26)30-23-17-12-9-13-18-23/h3,9-10,12-15,17-20,22,25-29H,1,4-8,11,16,21H2,2H3/t22?,25-,26+,27-,28-/m1/s1. The van der Waals surface area contributed by atoms with Crippen molar-refractivity contribution in [2.45, 2.75) is 76.3 Å². The van der Waals surface area contributed by atoms with Gasteiger partial charge in [0.05, 0.1) is 6.61 Å². The fourth-order valence-electron chi connectivity index (χ4n) is 4.40. The van der Waals surface area contributed by atoms with E-state index in [0.717, 1.165) is 24.3 Å². The van der Waals surface area contributed by atoms with Crippen LogP contribution in [0.1, 0.15) is 51.9 Å². The topological polar surface area (TPSA) is 47.9 Å². The first-order valence-corrected chi connectivity index (χ1v) is 12.0. The summed E-state index contributed by atoms with van der Waals surface area (Å²) < 4.78 is 19.1. The number of hydrogen-bond donors (Lipinski definition) is 1. The Hall–Kier alpha value is -2.30. The van der Waals surface area contributed by atoms with Crippen LogP contribution < -0.4 is 9.47 Å². The summed E-state index contributed by atoms with van der Waals surface area (Å²) in [5.41, 5.74) is 0. The Morgan fingerprint density at radius 3 is 2.03 bits per heavy atom. The third-order valence-corrected chi connectivity index (χ3v) is 6.19. The summed E-state index contributed by atoms with van der Waals surface area (Å²) in [5.74, 6) is 1.85. The van der Waals surface area contributed by atoms with Crippen LogP contribution in [-0.2, 0) is 4.74 Å². The zero-order valence-corrected chi connectivity index (χ0v) is 19.3. The van der Waals surface area contributed by atoms with Gasteiger partial charge in [-0.05, 0) is 49.4 Å². The van der Waals surface area contributed by atoms with Gasteiger partial charge in [-0.1, -0.05) is 75.1 Å². The molecule has 2 aromatic rings. The van der Waals surface area contributed by atoms with Crippen molar-refractivity contribution in [1.82, 2.24) is 0 Å². The van der Waals surface area contributed by atoms with Crippen LogP contribution in [0.2, 0.25) is 0 Å². The fraction of sp³-hybridized carbons (Fsp3) is 0.500. The van der Waals surface area contributed by atoms with E-state index < -0.39 is 6.10 Å². The van der Waals surface area contributed by atoms with E-state index in [1.165, 1.54) is 32.1 Å². The lowest BCUT2D eigenvalue weighted by atomic mass is 9.92. The molecular weight excluding hydrogens is 400 g/mol. The van der Waals surface area contributed by atoms with Gasteiger partial charge < -0.3 is 19.3 Å². The highest BCUT2D eigenvalue weighted by Crippen LogP contribution is 2.34. The summed E-state index contributed by atoms with van der Waals surface area (Å²) in [6.07, 6.45) is 9.09. The van der Waals surface area contributed by atoms with Gasteiger partial charge in [0.1, 0.15) is 23.7 Å². The Morgan fingerprint density at radius 2 is 1.44 bits per heavy atom. The number of aliphatic hydroxyl groups excluding tert-OH is 1. The first-order chi connectivity index (χ1) is 15.7. The van der Waals surface area contributed by atoms with E-state index in [0.29, 0.717) is 5.92 Å². The molecular formula is C28H38O4. The number of ether oxygens (including phenoxy) is 3.